The zero-order chi connectivity index (χ0) is 15.5. The highest BCUT2D eigenvalue weighted by Gasteiger charge is 2.33. The minimum Gasteiger partial charge on any atom is -0.303 e. The van der Waals surface area contributed by atoms with Crippen molar-refractivity contribution < 1.29 is 4.79 Å². The Hall–Kier alpha value is -1.35. The number of hydrogen-bond donors (Lipinski definition) is 0. The number of benzene rings is 2. The van der Waals surface area contributed by atoms with Gasteiger partial charge in [-0.25, -0.2) is 0 Å². The Bertz CT molecular complexity index is 659. The quantitative estimate of drug-likeness (QED) is 0.772. The fourth-order valence-corrected chi connectivity index (χ4v) is 3.42. The SMILES string of the molecule is O=CC1CN(Cc2ccccc2)CC1c1ccc(Cl)c(Cl)c1. The number of nitrogens with zero attached hydrogens (tertiary/aromatic N) is 1. The first-order valence-corrected chi connectivity index (χ1v) is 8.09. The van der Waals surface area contributed by atoms with Gasteiger partial charge in [-0.2, -0.15) is 0 Å². The lowest BCUT2D eigenvalue weighted by molar-refractivity contribution is -0.111. The van der Waals surface area contributed by atoms with E-state index in [1.165, 1.54) is 5.56 Å². The molecule has 1 fully saturated rings. The van der Waals surface area contributed by atoms with Crippen LogP contribution in [0.25, 0.3) is 0 Å². The number of halogens is 2. The van der Waals surface area contributed by atoms with E-state index in [1.54, 1.807) is 6.07 Å². The number of likely N-dealkylation sites (tertiary alicyclic amines) is 1. The molecule has 0 aliphatic carbocycles. The number of rotatable bonds is 4. The molecule has 0 radical (unpaired) electrons. The number of aldehydes is 1. The second kappa shape index (κ2) is 6.82. The van der Waals surface area contributed by atoms with Gasteiger partial charge in [-0.05, 0) is 23.3 Å². The van der Waals surface area contributed by atoms with Crippen molar-refractivity contribution in [3.63, 3.8) is 0 Å². The van der Waals surface area contributed by atoms with E-state index in [4.69, 9.17) is 23.2 Å². The minimum atomic E-state index is 0.000884. The summed E-state index contributed by atoms with van der Waals surface area (Å²) in [5.41, 5.74) is 2.35. The van der Waals surface area contributed by atoms with Gasteiger partial charge in [0.25, 0.3) is 0 Å². The third-order valence-electron chi connectivity index (χ3n) is 4.24. The zero-order valence-corrected chi connectivity index (χ0v) is 13.6. The van der Waals surface area contributed by atoms with Crippen LogP contribution in [0.2, 0.25) is 10.0 Å². The average Bonchev–Trinajstić information content (AvgIpc) is 2.94. The first kappa shape index (κ1) is 15.5. The molecular weight excluding hydrogens is 317 g/mol. The van der Waals surface area contributed by atoms with Crippen LogP contribution in [0.15, 0.2) is 48.5 Å². The van der Waals surface area contributed by atoms with Crippen molar-refractivity contribution >= 4 is 29.5 Å². The van der Waals surface area contributed by atoms with Gasteiger partial charge in [-0.3, -0.25) is 4.90 Å². The van der Waals surface area contributed by atoms with E-state index in [9.17, 15) is 4.79 Å². The molecule has 1 saturated heterocycles. The third-order valence-corrected chi connectivity index (χ3v) is 4.98. The van der Waals surface area contributed by atoms with Crippen LogP contribution in [0, 0.1) is 5.92 Å². The van der Waals surface area contributed by atoms with Crippen LogP contribution >= 0.6 is 23.2 Å². The number of hydrogen-bond acceptors (Lipinski definition) is 2. The summed E-state index contributed by atoms with van der Waals surface area (Å²) in [4.78, 5) is 13.8. The van der Waals surface area contributed by atoms with Crippen LogP contribution in [0.4, 0.5) is 0 Å². The lowest BCUT2D eigenvalue weighted by Crippen LogP contribution is -2.20. The van der Waals surface area contributed by atoms with Gasteiger partial charge in [-0.1, -0.05) is 59.6 Å². The maximum absolute atomic E-state index is 11.5. The van der Waals surface area contributed by atoms with Crippen molar-refractivity contribution in [3.05, 3.63) is 69.7 Å². The molecule has 0 amide bonds. The van der Waals surface area contributed by atoms with Gasteiger partial charge in [0.2, 0.25) is 0 Å². The summed E-state index contributed by atoms with van der Waals surface area (Å²) < 4.78 is 0. The van der Waals surface area contributed by atoms with E-state index in [1.807, 2.05) is 30.3 Å². The fraction of sp³-hybridized carbons (Fsp3) is 0.278. The highest BCUT2D eigenvalue weighted by Crippen LogP contribution is 2.35. The first-order valence-electron chi connectivity index (χ1n) is 7.34. The molecule has 2 atom stereocenters. The Morgan fingerprint density at radius 2 is 1.82 bits per heavy atom. The maximum Gasteiger partial charge on any atom is 0.125 e. The van der Waals surface area contributed by atoms with Crippen molar-refractivity contribution in [2.45, 2.75) is 12.5 Å². The highest BCUT2D eigenvalue weighted by molar-refractivity contribution is 6.42. The molecule has 3 rings (SSSR count). The van der Waals surface area contributed by atoms with Crippen molar-refractivity contribution in [2.24, 2.45) is 5.92 Å². The predicted octanol–water partition coefficient (Wildman–Crippen LogP) is 4.41. The number of carbonyl (C=O) groups excluding carboxylic acids is 1. The van der Waals surface area contributed by atoms with Gasteiger partial charge in [0.05, 0.1) is 10.0 Å². The van der Waals surface area contributed by atoms with Crippen LogP contribution in [0.5, 0.6) is 0 Å². The lowest BCUT2D eigenvalue weighted by atomic mass is 9.90. The molecule has 2 aromatic carbocycles. The van der Waals surface area contributed by atoms with E-state index in [-0.39, 0.29) is 11.8 Å². The lowest BCUT2D eigenvalue weighted by Gasteiger charge is -2.16. The van der Waals surface area contributed by atoms with E-state index < -0.39 is 0 Å². The topological polar surface area (TPSA) is 20.3 Å². The normalized spacial score (nSPS) is 21.9. The Balaban J connectivity index is 1.77. The second-order valence-electron chi connectivity index (χ2n) is 5.76. The summed E-state index contributed by atoms with van der Waals surface area (Å²) >= 11 is 12.1. The second-order valence-corrected chi connectivity index (χ2v) is 6.57. The van der Waals surface area contributed by atoms with Crippen LogP contribution in [-0.4, -0.2) is 24.3 Å². The standard InChI is InChI=1S/C18H17Cl2NO/c19-17-7-6-14(8-18(17)20)16-11-21(10-15(16)12-22)9-13-4-2-1-3-5-13/h1-8,12,15-16H,9-11H2. The Kier molecular flexibility index (Phi) is 4.82. The molecule has 0 aromatic heterocycles. The summed E-state index contributed by atoms with van der Waals surface area (Å²) in [7, 11) is 0. The maximum atomic E-state index is 11.5. The van der Waals surface area contributed by atoms with E-state index in [2.05, 4.69) is 17.0 Å². The van der Waals surface area contributed by atoms with Gasteiger partial charge in [-0.15, -0.1) is 0 Å². The average molecular weight is 334 g/mol. The molecule has 2 nitrogen and oxygen atoms in total. The van der Waals surface area contributed by atoms with Gasteiger partial charge in [0.1, 0.15) is 6.29 Å². The summed E-state index contributed by atoms with van der Waals surface area (Å²) in [6.45, 7) is 2.50. The molecule has 1 aliphatic heterocycles. The smallest absolute Gasteiger partial charge is 0.125 e. The zero-order valence-electron chi connectivity index (χ0n) is 12.1. The van der Waals surface area contributed by atoms with Crippen LogP contribution in [0.3, 0.4) is 0 Å². The first-order chi connectivity index (χ1) is 10.7. The van der Waals surface area contributed by atoms with E-state index in [0.29, 0.717) is 10.0 Å². The summed E-state index contributed by atoms with van der Waals surface area (Å²) in [5, 5.41) is 1.09. The molecule has 0 saturated carbocycles. The summed E-state index contributed by atoms with van der Waals surface area (Å²) in [5.74, 6) is 0.178. The predicted molar refractivity (Wildman–Crippen MR) is 90.5 cm³/mol. The molecule has 0 bridgehead atoms. The number of carbonyl (C=O) groups is 1. The van der Waals surface area contributed by atoms with E-state index >= 15 is 0 Å². The largest absolute Gasteiger partial charge is 0.303 e. The molecule has 22 heavy (non-hydrogen) atoms. The summed E-state index contributed by atoms with van der Waals surface area (Å²) in [6, 6.07) is 16.0. The fourth-order valence-electron chi connectivity index (χ4n) is 3.12. The monoisotopic (exact) mass is 333 g/mol. The van der Waals surface area contributed by atoms with Crippen LogP contribution in [0.1, 0.15) is 17.0 Å². The Labute approximate surface area is 140 Å². The minimum absolute atomic E-state index is 0.000884. The Morgan fingerprint density at radius 1 is 1.05 bits per heavy atom. The molecule has 0 N–H and O–H groups in total. The molecular formula is C18H17Cl2NO. The van der Waals surface area contributed by atoms with Crippen LogP contribution < -0.4 is 0 Å². The molecule has 1 heterocycles. The van der Waals surface area contributed by atoms with Gasteiger partial charge in [0.15, 0.2) is 0 Å². The van der Waals surface area contributed by atoms with Crippen molar-refractivity contribution in [2.75, 3.05) is 13.1 Å². The third kappa shape index (κ3) is 3.35. The molecule has 1 aliphatic rings. The molecule has 114 valence electrons. The van der Waals surface area contributed by atoms with Gasteiger partial charge < -0.3 is 4.79 Å². The molecule has 4 heteroatoms. The summed E-state index contributed by atoms with van der Waals surface area (Å²) in [6.07, 6.45) is 1.07. The highest BCUT2D eigenvalue weighted by atomic mass is 35.5. The van der Waals surface area contributed by atoms with E-state index in [0.717, 1.165) is 31.5 Å². The van der Waals surface area contributed by atoms with Gasteiger partial charge >= 0.3 is 0 Å². The van der Waals surface area contributed by atoms with Crippen molar-refractivity contribution in [1.29, 1.82) is 0 Å². The molecule has 0 spiro atoms. The van der Waals surface area contributed by atoms with Gasteiger partial charge in [0, 0.05) is 31.5 Å². The molecule has 2 unspecified atom stereocenters. The van der Waals surface area contributed by atoms with Crippen molar-refractivity contribution in [3.8, 4) is 0 Å². The molecule has 2 aromatic rings. The van der Waals surface area contributed by atoms with Crippen LogP contribution in [-0.2, 0) is 11.3 Å². The van der Waals surface area contributed by atoms with Crippen molar-refractivity contribution in [1.82, 2.24) is 4.90 Å². The Morgan fingerprint density at radius 3 is 2.50 bits per heavy atom.